The van der Waals surface area contributed by atoms with Crippen molar-refractivity contribution in [3.05, 3.63) is 41.8 Å². The number of anilines is 1. The number of methoxy groups -OCH3 is 1. The third kappa shape index (κ3) is 2.81. The molecule has 1 atom stereocenters. The van der Waals surface area contributed by atoms with Crippen molar-refractivity contribution in [1.29, 1.82) is 0 Å². The number of rotatable bonds is 3. The summed E-state index contributed by atoms with van der Waals surface area (Å²) in [7, 11) is 1.31. The highest BCUT2D eigenvalue weighted by molar-refractivity contribution is 5.99. The standard InChI is InChI=1S/C16H16FN3O3/c1-10-7-14(19-9-11(8-15(19)21)16(22)23-2)20(18-10)13-5-3-12(17)4-6-13/h3-7,11H,8-9H2,1-2H3. The van der Waals surface area contributed by atoms with Crippen LogP contribution < -0.4 is 4.90 Å². The van der Waals surface area contributed by atoms with Gasteiger partial charge in [0.05, 0.1) is 24.4 Å². The molecule has 0 spiro atoms. The quantitative estimate of drug-likeness (QED) is 0.810. The third-order valence-corrected chi connectivity index (χ3v) is 3.82. The van der Waals surface area contributed by atoms with Crippen molar-refractivity contribution in [2.75, 3.05) is 18.6 Å². The number of amides is 1. The molecule has 23 heavy (non-hydrogen) atoms. The normalized spacial score (nSPS) is 17.6. The zero-order valence-corrected chi connectivity index (χ0v) is 12.8. The van der Waals surface area contributed by atoms with E-state index in [1.807, 2.05) is 6.92 Å². The zero-order chi connectivity index (χ0) is 16.6. The summed E-state index contributed by atoms with van der Waals surface area (Å²) in [5.41, 5.74) is 1.36. The fourth-order valence-electron chi connectivity index (χ4n) is 2.70. The lowest BCUT2D eigenvalue weighted by Crippen LogP contribution is -2.28. The summed E-state index contributed by atoms with van der Waals surface area (Å²) in [6.07, 6.45) is 0.111. The second kappa shape index (κ2) is 5.83. The second-order valence-electron chi connectivity index (χ2n) is 5.46. The van der Waals surface area contributed by atoms with Crippen LogP contribution in [-0.4, -0.2) is 35.3 Å². The Bertz CT molecular complexity index is 754. The first-order chi connectivity index (χ1) is 11.0. The maximum atomic E-state index is 13.1. The summed E-state index contributed by atoms with van der Waals surface area (Å²) in [5, 5.41) is 4.36. The molecule has 2 heterocycles. The van der Waals surface area contributed by atoms with Crippen molar-refractivity contribution < 1.29 is 18.7 Å². The molecule has 120 valence electrons. The van der Waals surface area contributed by atoms with Gasteiger partial charge in [0.1, 0.15) is 11.6 Å². The van der Waals surface area contributed by atoms with Crippen molar-refractivity contribution in [1.82, 2.24) is 9.78 Å². The fourth-order valence-corrected chi connectivity index (χ4v) is 2.70. The highest BCUT2D eigenvalue weighted by atomic mass is 19.1. The molecule has 1 aliphatic heterocycles. The highest BCUT2D eigenvalue weighted by Gasteiger charge is 2.37. The van der Waals surface area contributed by atoms with Gasteiger partial charge in [-0.3, -0.25) is 14.5 Å². The van der Waals surface area contributed by atoms with Crippen molar-refractivity contribution >= 4 is 17.7 Å². The zero-order valence-electron chi connectivity index (χ0n) is 12.8. The Morgan fingerprint density at radius 1 is 1.35 bits per heavy atom. The van der Waals surface area contributed by atoms with Gasteiger partial charge in [-0.25, -0.2) is 9.07 Å². The first-order valence-electron chi connectivity index (χ1n) is 7.20. The van der Waals surface area contributed by atoms with Gasteiger partial charge in [0.25, 0.3) is 0 Å². The van der Waals surface area contributed by atoms with E-state index >= 15 is 0 Å². The Hall–Kier alpha value is -2.70. The van der Waals surface area contributed by atoms with E-state index in [1.165, 1.54) is 24.1 Å². The van der Waals surface area contributed by atoms with Gasteiger partial charge in [-0.2, -0.15) is 5.10 Å². The van der Waals surface area contributed by atoms with Crippen LogP contribution in [0.25, 0.3) is 5.69 Å². The van der Waals surface area contributed by atoms with Gasteiger partial charge in [-0.1, -0.05) is 0 Å². The number of aromatic nitrogens is 2. The average Bonchev–Trinajstić information content (AvgIpc) is 3.10. The molecule has 6 nitrogen and oxygen atoms in total. The van der Waals surface area contributed by atoms with E-state index in [2.05, 4.69) is 5.10 Å². The number of hydrogen-bond acceptors (Lipinski definition) is 4. The van der Waals surface area contributed by atoms with Crippen LogP contribution in [0.4, 0.5) is 10.2 Å². The minimum absolute atomic E-state index is 0.111. The van der Waals surface area contributed by atoms with Crippen molar-refractivity contribution in [3.8, 4) is 5.69 Å². The minimum atomic E-state index is -0.482. The van der Waals surface area contributed by atoms with Crippen LogP contribution in [0.15, 0.2) is 30.3 Å². The number of nitrogens with zero attached hydrogens (tertiary/aromatic N) is 3. The molecule has 0 N–H and O–H groups in total. The maximum absolute atomic E-state index is 13.1. The van der Waals surface area contributed by atoms with Crippen molar-refractivity contribution in [2.45, 2.75) is 13.3 Å². The monoisotopic (exact) mass is 317 g/mol. The van der Waals surface area contributed by atoms with Crippen LogP contribution in [0.1, 0.15) is 12.1 Å². The fraction of sp³-hybridized carbons (Fsp3) is 0.312. The Balaban J connectivity index is 1.96. The predicted molar refractivity (Wildman–Crippen MR) is 80.7 cm³/mol. The van der Waals surface area contributed by atoms with Gasteiger partial charge in [0, 0.05) is 19.0 Å². The second-order valence-corrected chi connectivity index (χ2v) is 5.46. The highest BCUT2D eigenvalue weighted by Crippen LogP contribution is 2.28. The van der Waals surface area contributed by atoms with E-state index in [0.29, 0.717) is 11.5 Å². The molecule has 1 aliphatic rings. The Labute approximate surface area is 132 Å². The summed E-state index contributed by atoms with van der Waals surface area (Å²) in [5.74, 6) is -0.828. The predicted octanol–water partition coefficient (Wildman–Crippen LogP) is 1.85. The minimum Gasteiger partial charge on any atom is -0.469 e. The molecule has 3 rings (SSSR count). The van der Waals surface area contributed by atoms with E-state index in [0.717, 1.165) is 5.69 Å². The molecule has 0 aliphatic carbocycles. The summed E-state index contributed by atoms with van der Waals surface area (Å²) in [4.78, 5) is 25.5. The molecular weight excluding hydrogens is 301 g/mol. The van der Waals surface area contributed by atoms with Gasteiger partial charge in [-0.15, -0.1) is 0 Å². The Morgan fingerprint density at radius 2 is 2.04 bits per heavy atom. The van der Waals surface area contributed by atoms with Crippen molar-refractivity contribution in [3.63, 3.8) is 0 Å². The maximum Gasteiger partial charge on any atom is 0.311 e. The SMILES string of the molecule is COC(=O)C1CC(=O)N(c2cc(C)nn2-c2ccc(F)cc2)C1. The molecular formula is C16H16FN3O3. The molecule has 7 heteroatoms. The van der Waals surface area contributed by atoms with Gasteiger partial charge < -0.3 is 4.74 Å². The van der Waals surface area contributed by atoms with E-state index in [1.54, 1.807) is 22.9 Å². The first kappa shape index (κ1) is 15.2. The van der Waals surface area contributed by atoms with Gasteiger partial charge in [0.2, 0.25) is 5.91 Å². The molecule has 1 aromatic carbocycles. The number of carbonyl (C=O) groups is 2. The molecule has 2 aromatic rings. The summed E-state index contributed by atoms with van der Waals surface area (Å²) in [6.45, 7) is 2.06. The van der Waals surface area contributed by atoms with E-state index in [-0.39, 0.29) is 24.7 Å². The molecule has 0 radical (unpaired) electrons. The lowest BCUT2D eigenvalue weighted by Gasteiger charge is -2.17. The Kier molecular flexibility index (Phi) is 3.85. The number of ether oxygens (including phenoxy) is 1. The molecule has 1 saturated heterocycles. The summed E-state index contributed by atoms with van der Waals surface area (Å²) < 4.78 is 19.4. The number of carbonyl (C=O) groups excluding carboxylic acids is 2. The summed E-state index contributed by atoms with van der Waals surface area (Å²) >= 11 is 0. The lowest BCUT2D eigenvalue weighted by molar-refractivity contribution is -0.145. The Morgan fingerprint density at radius 3 is 2.70 bits per heavy atom. The number of benzene rings is 1. The average molecular weight is 317 g/mol. The lowest BCUT2D eigenvalue weighted by atomic mass is 10.1. The molecule has 0 saturated carbocycles. The van der Waals surface area contributed by atoms with Crippen LogP contribution >= 0.6 is 0 Å². The van der Waals surface area contributed by atoms with E-state index in [4.69, 9.17) is 4.74 Å². The van der Waals surface area contributed by atoms with Crippen molar-refractivity contribution in [2.24, 2.45) is 5.92 Å². The van der Waals surface area contributed by atoms with E-state index < -0.39 is 11.9 Å². The number of hydrogen-bond donors (Lipinski definition) is 0. The number of aryl methyl sites for hydroxylation is 1. The van der Waals surface area contributed by atoms with E-state index in [9.17, 15) is 14.0 Å². The van der Waals surface area contributed by atoms with Crippen LogP contribution in [-0.2, 0) is 14.3 Å². The number of esters is 1. The van der Waals surface area contributed by atoms with Gasteiger partial charge >= 0.3 is 5.97 Å². The van der Waals surface area contributed by atoms with Crippen LogP contribution in [0, 0.1) is 18.7 Å². The molecule has 1 unspecified atom stereocenters. The topological polar surface area (TPSA) is 64.4 Å². The number of halogens is 1. The largest absolute Gasteiger partial charge is 0.469 e. The molecule has 1 fully saturated rings. The van der Waals surface area contributed by atoms with Crippen LogP contribution in [0.5, 0.6) is 0 Å². The van der Waals surface area contributed by atoms with Gasteiger partial charge in [-0.05, 0) is 31.2 Å². The third-order valence-electron chi connectivity index (χ3n) is 3.82. The molecule has 1 aromatic heterocycles. The van der Waals surface area contributed by atoms with Gasteiger partial charge in [0.15, 0.2) is 0 Å². The van der Waals surface area contributed by atoms with Crippen LogP contribution in [0.3, 0.4) is 0 Å². The molecule has 1 amide bonds. The van der Waals surface area contributed by atoms with Crippen LogP contribution in [0.2, 0.25) is 0 Å². The molecule has 0 bridgehead atoms. The smallest absolute Gasteiger partial charge is 0.311 e. The summed E-state index contributed by atoms with van der Waals surface area (Å²) in [6, 6.07) is 7.60. The first-order valence-corrected chi connectivity index (χ1v) is 7.20.